The van der Waals surface area contributed by atoms with Crippen molar-refractivity contribution >= 4 is 0 Å². The minimum absolute atomic E-state index is 0.0911. The quantitative estimate of drug-likeness (QED) is 0.854. The first kappa shape index (κ1) is 19.2. The van der Waals surface area contributed by atoms with Crippen LogP contribution in [0.15, 0.2) is 24.3 Å². The summed E-state index contributed by atoms with van der Waals surface area (Å²) in [6, 6.07) is 6.15. The summed E-state index contributed by atoms with van der Waals surface area (Å²) in [4.78, 5) is 4.71. The van der Waals surface area contributed by atoms with Gasteiger partial charge in [0.05, 0.1) is 5.56 Å². The first-order valence-electron chi connectivity index (χ1n) is 8.56. The average Bonchev–Trinajstić information content (AvgIpc) is 2.54. The molecule has 0 bridgehead atoms. The molecule has 1 unspecified atom stereocenters. The predicted molar refractivity (Wildman–Crippen MR) is 91.0 cm³/mol. The number of hydrogen-bond acceptors (Lipinski definition) is 3. The molecular formula is C18H28F3N3. The van der Waals surface area contributed by atoms with Gasteiger partial charge in [0.25, 0.3) is 0 Å². The van der Waals surface area contributed by atoms with Gasteiger partial charge in [-0.1, -0.05) is 12.1 Å². The number of rotatable bonds is 6. The van der Waals surface area contributed by atoms with Crippen LogP contribution in [-0.2, 0) is 6.18 Å². The Morgan fingerprint density at radius 3 is 2.50 bits per heavy atom. The third kappa shape index (κ3) is 5.46. The fraction of sp³-hybridized carbons (Fsp3) is 0.667. The van der Waals surface area contributed by atoms with Crippen LogP contribution in [0.5, 0.6) is 0 Å². The minimum atomic E-state index is -4.29. The standard InChI is InChI=1S/C18H28F3N3/c1-14(15-5-4-6-16(13-15)18(19,20)21)22-9-12-24-10-7-17(8-11-24)23(2)3/h4-6,13-14,17,22H,7-12H2,1-3H3. The van der Waals surface area contributed by atoms with E-state index in [1.165, 1.54) is 25.0 Å². The summed E-state index contributed by atoms with van der Waals surface area (Å²) in [7, 11) is 4.25. The molecule has 24 heavy (non-hydrogen) atoms. The van der Waals surface area contributed by atoms with Gasteiger partial charge < -0.3 is 15.1 Å². The Morgan fingerprint density at radius 1 is 1.25 bits per heavy atom. The molecule has 0 saturated carbocycles. The summed E-state index contributed by atoms with van der Waals surface area (Å²) in [5.74, 6) is 0. The maximum Gasteiger partial charge on any atom is 0.416 e. The van der Waals surface area contributed by atoms with Crippen molar-refractivity contribution in [2.24, 2.45) is 0 Å². The minimum Gasteiger partial charge on any atom is -0.309 e. The normalized spacial score (nSPS) is 19.0. The molecule has 2 rings (SSSR count). The number of halogens is 3. The molecule has 3 nitrogen and oxygen atoms in total. The van der Waals surface area contributed by atoms with Crippen molar-refractivity contribution in [1.82, 2.24) is 15.1 Å². The van der Waals surface area contributed by atoms with Crippen molar-refractivity contribution in [3.8, 4) is 0 Å². The van der Waals surface area contributed by atoms with Gasteiger partial charge in [-0.2, -0.15) is 13.2 Å². The van der Waals surface area contributed by atoms with E-state index < -0.39 is 11.7 Å². The summed E-state index contributed by atoms with van der Waals surface area (Å²) in [6.07, 6.45) is -1.93. The Bertz CT molecular complexity index is 508. The van der Waals surface area contributed by atoms with Crippen molar-refractivity contribution in [1.29, 1.82) is 0 Å². The van der Waals surface area contributed by atoms with Crippen molar-refractivity contribution in [2.45, 2.75) is 38.0 Å². The van der Waals surface area contributed by atoms with Crippen molar-refractivity contribution in [2.75, 3.05) is 40.3 Å². The van der Waals surface area contributed by atoms with Gasteiger partial charge in [0, 0.05) is 25.2 Å². The lowest BCUT2D eigenvalue weighted by molar-refractivity contribution is -0.137. The van der Waals surface area contributed by atoms with Crippen LogP contribution >= 0.6 is 0 Å². The first-order chi connectivity index (χ1) is 11.3. The largest absolute Gasteiger partial charge is 0.416 e. The zero-order valence-electron chi connectivity index (χ0n) is 14.7. The summed E-state index contributed by atoms with van der Waals surface area (Å²) in [5, 5.41) is 3.34. The fourth-order valence-corrected chi connectivity index (χ4v) is 3.20. The number of piperidine rings is 1. The second-order valence-electron chi connectivity index (χ2n) is 6.84. The van der Waals surface area contributed by atoms with E-state index in [9.17, 15) is 13.2 Å². The van der Waals surface area contributed by atoms with Gasteiger partial charge >= 0.3 is 6.18 Å². The molecule has 1 aliphatic rings. The fourth-order valence-electron chi connectivity index (χ4n) is 3.20. The molecule has 0 aromatic heterocycles. The molecule has 0 spiro atoms. The van der Waals surface area contributed by atoms with E-state index >= 15 is 0 Å². The van der Waals surface area contributed by atoms with Crippen LogP contribution in [-0.4, -0.2) is 56.1 Å². The van der Waals surface area contributed by atoms with Gasteiger partial charge in [-0.3, -0.25) is 0 Å². The number of benzene rings is 1. The van der Waals surface area contributed by atoms with E-state index in [2.05, 4.69) is 29.2 Å². The lowest BCUT2D eigenvalue weighted by atomic mass is 10.0. The highest BCUT2D eigenvalue weighted by Gasteiger charge is 2.30. The molecule has 6 heteroatoms. The Morgan fingerprint density at radius 2 is 1.92 bits per heavy atom. The molecule has 1 aromatic rings. The van der Waals surface area contributed by atoms with Gasteiger partial charge in [0.15, 0.2) is 0 Å². The molecule has 136 valence electrons. The Balaban J connectivity index is 1.77. The molecule has 0 radical (unpaired) electrons. The van der Waals surface area contributed by atoms with Crippen LogP contribution in [0.25, 0.3) is 0 Å². The third-order valence-electron chi connectivity index (χ3n) is 4.88. The highest BCUT2D eigenvalue weighted by Crippen LogP contribution is 2.30. The van der Waals surface area contributed by atoms with Gasteiger partial charge in [0.2, 0.25) is 0 Å². The number of nitrogens with zero attached hydrogens (tertiary/aromatic N) is 2. The van der Waals surface area contributed by atoms with E-state index in [1.807, 2.05) is 6.92 Å². The Kier molecular flexibility index (Phi) is 6.66. The monoisotopic (exact) mass is 343 g/mol. The molecule has 1 N–H and O–H groups in total. The number of nitrogens with one attached hydrogen (secondary N) is 1. The highest BCUT2D eigenvalue weighted by atomic mass is 19.4. The zero-order valence-corrected chi connectivity index (χ0v) is 14.7. The maximum absolute atomic E-state index is 12.8. The lowest BCUT2D eigenvalue weighted by Crippen LogP contribution is -2.44. The van der Waals surface area contributed by atoms with Crippen LogP contribution in [0.4, 0.5) is 13.2 Å². The highest BCUT2D eigenvalue weighted by molar-refractivity contribution is 5.27. The Hall–Kier alpha value is -1.11. The van der Waals surface area contributed by atoms with Gasteiger partial charge in [-0.25, -0.2) is 0 Å². The molecule has 0 aliphatic carbocycles. The number of alkyl halides is 3. The van der Waals surface area contributed by atoms with Crippen LogP contribution in [0.1, 0.15) is 36.9 Å². The van der Waals surface area contributed by atoms with Crippen LogP contribution in [0.2, 0.25) is 0 Å². The van der Waals surface area contributed by atoms with Crippen molar-refractivity contribution in [3.05, 3.63) is 35.4 Å². The lowest BCUT2D eigenvalue weighted by Gasteiger charge is -2.35. The summed E-state index contributed by atoms with van der Waals surface area (Å²) in [6.45, 7) is 5.80. The van der Waals surface area contributed by atoms with Crippen LogP contribution < -0.4 is 5.32 Å². The molecular weight excluding hydrogens is 315 g/mol. The zero-order chi connectivity index (χ0) is 17.7. The topological polar surface area (TPSA) is 18.5 Å². The summed E-state index contributed by atoms with van der Waals surface area (Å²) in [5.41, 5.74) is 0.0931. The Labute approximate surface area is 142 Å². The molecule has 0 amide bonds. The van der Waals surface area contributed by atoms with E-state index in [0.29, 0.717) is 11.6 Å². The van der Waals surface area contributed by atoms with E-state index in [4.69, 9.17) is 0 Å². The van der Waals surface area contributed by atoms with E-state index in [-0.39, 0.29) is 6.04 Å². The van der Waals surface area contributed by atoms with Crippen molar-refractivity contribution < 1.29 is 13.2 Å². The van der Waals surface area contributed by atoms with Crippen molar-refractivity contribution in [3.63, 3.8) is 0 Å². The number of likely N-dealkylation sites (tertiary alicyclic amines) is 1. The second-order valence-corrected chi connectivity index (χ2v) is 6.84. The summed E-state index contributed by atoms with van der Waals surface area (Å²) >= 11 is 0. The van der Waals surface area contributed by atoms with Crippen LogP contribution in [0.3, 0.4) is 0 Å². The smallest absolute Gasteiger partial charge is 0.309 e. The molecule has 1 saturated heterocycles. The molecule has 1 aliphatic heterocycles. The average molecular weight is 343 g/mol. The summed E-state index contributed by atoms with van der Waals surface area (Å²) < 4.78 is 38.4. The molecule has 1 aromatic carbocycles. The van der Waals surface area contributed by atoms with Crippen LogP contribution in [0, 0.1) is 0 Å². The third-order valence-corrected chi connectivity index (χ3v) is 4.88. The van der Waals surface area contributed by atoms with Gasteiger partial charge in [0.1, 0.15) is 0 Å². The van der Waals surface area contributed by atoms with E-state index in [0.717, 1.165) is 32.2 Å². The second kappa shape index (κ2) is 8.32. The molecule has 1 atom stereocenters. The SMILES string of the molecule is CC(NCCN1CCC(N(C)C)CC1)c1cccc(C(F)(F)F)c1. The maximum atomic E-state index is 12.8. The van der Waals surface area contributed by atoms with E-state index in [1.54, 1.807) is 6.07 Å². The number of hydrogen-bond donors (Lipinski definition) is 1. The van der Waals surface area contributed by atoms with Gasteiger partial charge in [-0.05, 0) is 64.6 Å². The molecule has 1 heterocycles. The predicted octanol–water partition coefficient (Wildman–Crippen LogP) is 3.38. The first-order valence-corrected chi connectivity index (χ1v) is 8.56. The van der Waals surface area contributed by atoms with Gasteiger partial charge in [-0.15, -0.1) is 0 Å². The molecule has 1 fully saturated rings.